The number of aryl methyl sites for hydroxylation is 2. The predicted molar refractivity (Wildman–Crippen MR) is 129 cm³/mol. The predicted octanol–water partition coefficient (Wildman–Crippen LogP) is 4.39. The van der Waals surface area contributed by atoms with E-state index in [9.17, 15) is 13.2 Å². The van der Waals surface area contributed by atoms with E-state index in [1.807, 2.05) is 31.2 Å². The van der Waals surface area contributed by atoms with E-state index in [2.05, 4.69) is 11.4 Å². The van der Waals surface area contributed by atoms with Gasteiger partial charge in [-0.05, 0) is 67.1 Å². The van der Waals surface area contributed by atoms with Crippen LogP contribution in [-0.2, 0) is 21.2 Å². The van der Waals surface area contributed by atoms with Crippen molar-refractivity contribution in [2.24, 2.45) is 0 Å². The molecule has 0 spiro atoms. The van der Waals surface area contributed by atoms with Gasteiger partial charge in [0.15, 0.2) is 0 Å². The number of nitrogens with zero attached hydrogens (tertiary/aromatic N) is 1. The molecule has 0 unspecified atom stereocenters. The molecule has 3 aromatic rings. The zero-order chi connectivity index (χ0) is 23.4. The number of carbonyl (C=O) groups is 1. The molecule has 1 N–H and O–H groups in total. The molecule has 33 heavy (non-hydrogen) atoms. The van der Waals surface area contributed by atoms with Crippen LogP contribution in [0.1, 0.15) is 35.6 Å². The molecule has 3 aromatic carbocycles. The number of hydrogen-bond acceptors (Lipinski definition) is 4. The highest BCUT2D eigenvalue weighted by molar-refractivity contribution is 7.92. The average Bonchev–Trinajstić information content (AvgIpc) is 2.83. The summed E-state index contributed by atoms with van der Waals surface area (Å²) in [5.41, 5.74) is 3.52. The zero-order valence-electron chi connectivity index (χ0n) is 18.8. The van der Waals surface area contributed by atoms with Crippen molar-refractivity contribution in [3.63, 3.8) is 0 Å². The number of anilines is 1. The lowest BCUT2D eigenvalue weighted by atomic mass is 9.88. The number of amides is 1. The first-order chi connectivity index (χ1) is 15.9. The third kappa shape index (κ3) is 4.88. The number of rotatable bonds is 7. The Morgan fingerprint density at radius 2 is 1.79 bits per heavy atom. The van der Waals surface area contributed by atoms with Crippen LogP contribution < -0.4 is 14.4 Å². The van der Waals surface area contributed by atoms with Gasteiger partial charge in [-0.25, -0.2) is 8.42 Å². The maximum Gasteiger partial charge on any atom is 0.264 e. The van der Waals surface area contributed by atoms with Crippen molar-refractivity contribution in [2.75, 3.05) is 18.0 Å². The minimum atomic E-state index is -4.01. The monoisotopic (exact) mass is 464 g/mol. The number of sulfonamides is 1. The van der Waals surface area contributed by atoms with Crippen molar-refractivity contribution >= 4 is 21.6 Å². The van der Waals surface area contributed by atoms with Gasteiger partial charge in [0.1, 0.15) is 12.3 Å². The molecule has 0 heterocycles. The first-order valence-electron chi connectivity index (χ1n) is 11.0. The lowest BCUT2D eigenvalue weighted by molar-refractivity contribution is -0.120. The number of methoxy groups -OCH3 is 1. The van der Waals surface area contributed by atoms with Crippen LogP contribution in [0.4, 0.5) is 5.69 Å². The second-order valence-electron chi connectivity index (χ2n) is 8.21. The van der Waals surface area contributed by atoms with Crippen LogP contribution in [0.15, 0.2) is 77.7 Å². The Hall–Kier alpha value is -3.32. The van der Waals surface area contributed by atoms with Gasteiger partial charge in [-0.3, -0.25) is 9.10 Å². The summed E-state index contributed by atoms with van der Waals surface area (Å²) in [4.78, 5) is 13.3. The van der Waals surface area contributed by atoms with E-state index in [-0.39, 0.29) is 23.4 Å². The third-order valence-corrected chi connectivity index (χ3v) is 7.70. The Bertz CT molecular complexity index is 1240. The molecule has 0 aliphatic heterocycles. The van der Waals surface area contributed by atoms with Crippen molar-refractivity contribution in [2.45, 2.75) is 37.1 Å². The second kappa shape index (κ2) is 9.67. The number of fused-ring (bicyclic) bond motifs is 1. The van der Waals surface area contributed by atoms with E-state index in [1.54, 1.807) is 30.3 Å². The number of nitrogens with one attached hydrogen (secondary N) is 1. The zero-order valence-corrected chi connectivity index (χ0v) is 19.6. The molecule has 4 rings (SSSR count). The molecule has 0 aromatic heterocycles. The van der Waals surface area contributed by atoms with Crippen LogP contribution in [0.25, 0.3) is 0 Å². The van der Waals surface area contributed by atoms with Gasteiger partial charge >= 0.3 is 0 Å². The minimum Gasteiger partial charge on any atom is -0.495 e. The van der Waals surface area contributed by atoms with Crippen LogP contribution in [0.5, 0.6) is 5.75 Å². The fourth-order valence-corrected chi connectivity index (χ4v) is 5.73. The molecule has 1 aliphatic carbocycles. The standard InChI is InChI=1S/C26H28N2O4S/c1-19-15-16-25(32-2)24(17-19)28(33(30,31)21-11-4-3-5-12-21)18-26(29)27-23-14-8-10-20-9-6-7-13-22(20)23/h3-7,9,11-13,15-17,23H,8,10,14,18H2,1-2H3,(H,27,29)/t23-/m0/s1. The molecule has 1 atom stereocenters. The van der Waals surface area contributed by atoms with Crippen molar-refractivity contribution in [1.29, 1.82) is 0 Å². The van der Waals surface area contributed by atoms with E-state index in [4.69, 9.17) is 4.74 Å². The summed E-state index contributed by atoms with van der Waals surface area (Å²) in [6.45, 7) is 1.52. The lowest BCUT2D eigenvalue weighted by Gasteiger charge is -2.29. The van der Waals surface area contributed by atoms with Gasteiger partial charge < -0.3 is 10.1 Å². The second-order valence-corrected chi connectivity index (χ2v) is 10.1. The Morgan fingerprint density at radius 3 is 2.55 bits per heavy atom. The summed E-state index contributed by atoms with van der Waals surface area (Å²) in [6, 6.07) is 21.4. The van der Waals surface area contributed by atoms with E-state index >= 15 is 0 Å². The van der Waals surface area contributed by atoms with Crippen LogP contribution in [0.3, 0.4) is 0 Å². The Balaban J connectivity index is 1.68. The smallest absolute Gasteiger partial charge is 0.264 e. The fraction of sp³-hybridized carbons (Fsp3) is 0.269. The van der Waals surface area contributed by atoms with E-state index in [0.29, 0.717) is 11.4 Å². The normalized spacial score (nSPS) is 15.4. The first kappa shape index (κ1) is 22.9. The Kier molecular flexibility index (Phi) is 6.70. The van der Waals surface area contributed by atoms with Gasteiger partial charge in [0.25, 0.3) is 10.0 Å². The summed E-state index contributed by atoms with van der Waals surface area (Å²) >= 11 is 0. The van der Waals surface area contributed by atoms with Gasteiger partial charge in [0.05, 0.1) is 23.7 Å². The SMILES string of the molecule is COc1ccc(C)cc1N(CC(=O)N[C@H]1CCCc2ccccc21)S(=O)(=O)c1ccccc1. The molecule has 7 heteroatoms. The van der Waals surface area contributed by atoms with Crippen molar-refractivity contribution in [1.82, 2.24) is 5.32 Å². The van der Waals surface area contributed by atoms with Gasteiger partial charge in [-0.1, -0.05) is 48.5 Å². The Morgan fingerprint density at radius 1 is 1.06 bits per heavy atom. The molecule has 1 aliphatic rings. The quantitative estimate of drug-likeness (QED) is 0.563. The highest BCUT2D eigenvalue weighted by atomic mass is 32.2. The highest BCUT2D eigenvalue weighted by Crippen LogP contribution is 2.34. The summed E-state index contributed by atoms with van der Waals surface area (Å²) in [6.07, 6.45) is 2.78. The van der Waals surface area contributed by atoms with E-state index in [1.165, 1.54) is 24.8 Å². The molecule has 0 saturated heterocycles. The number of ether oxygens (including phenoxy) is 1. The van der Waals surface area contributed by atoms with Crippen molar-refractivity contribution < 1.29 is 17.9 Å². The van der Waals surface area contributed by atoms with Crippen LogP contribution in [0.2, 0.25) is 0 Å². The Labute approximate surface area is 195 Å². The number of hydrogen-bond donors (Lipinski definition) is 1. The molecule has 172 valence electrons. The molecular weight excluding hydrogens is 436 g/mol. The molecule has 0 bridgehead atoms. The fourth-order valence-electron chi connectivity index (χ4n) is 4.29. The average molecular weight is 465 g/mol. The van der Waals surface area contributed by atoms with Gasteiger partial charge in [-0.15, -0.1) is 0 Å². The summed E-state index contributed by atoms with van der Waals surface area (Å²) in [7, 11) is -2.52. The van der Waals surface area contributed by atoms with Crippen LogP contribution in [-0.4, -0.2) is 28.0 Å². The maximum absolute atomic E-state index is 13.6. The minimum absolute atomic E-state index is 0.115. The lowest BCUT2D eigenvalue weighted by Crippen LogP contribution is -2.42. The molecule has 0 fully saturated rings. The largest absolute Gasteiger partial charge is 0.495 e. The van der Waals surface area contributed by atoms with Crippen LogP contribution >= 0.6 is 0 Å². The van der Waals surface area contributed by atoms with E-state index in [0.717, 1.165) is 34.7 Å². The molecule has 6 nitrogen and oxygen atoms in total. The number of benzene rings is 3. The summed E-state index contributed by atoms with van der Waals surface area (Å²) < 4.78 is 33.8. The highest BCUT2D eigenvalue weighted by Gasteiger charge is 2.31. The molecule has 0 saturated carbocycles. The first-order valence-corrected chi connectivity index (χ1v) is 12.4. The van der Waals surface area contributed by atoms with Crippen molar-refractivity contribution in [3.05, 3.63) is 89.5 Å². The van der Waals surface area contributed by atoms with Crippen LogP contribution in [0, 0.1) is 6.92 Å². The third-order valence-electron chi connectivity index (χ3n) is 5.93. The van der Waals surface area contributed by atoms with Crippen molar-refractivity contribution in [3.8, 4) is 5.75 Å². The van der Waals surface area contributed by atoms with E-state index < -0.39 is 10.0 Å². The molecule has 0 radical (unpaired) electrons. The van der Waals surface area contributed by atoms with Gasteiger partial charge in [-0.2, -0.15) is 0 Å². The van der Waals surface area contributed by atoms with Gasteiger partial charge in [0, 0.05) is 0 Å². The molecular formula is C26H28N2O4S. The summed E-state index contributed by atoms with van der Waals surface area (Å²) in [5.74, 6) is 0.0238. The topological polar surface area (TPSA) is 75.7 Å². The maximum atomic E-state index is 13.6. The number of carbonyl (C=O) groups excluding carboxylic acids is 1. The van der Waals surface area contributed by atoms with Gasteiger partial charge in [0.2, 0.25) is 5.91 Å². The summed E-state index contributed by atoms with van der Waals surface area (Å²) in [5, 5.41) is 3.07. The molecule has 1 amide bonds.